The Balaban J connectivity index is 1.63. The fourth-order valence-corrected chi connectivity index (χ4v) is 4.54. The molecule has 0 aliphatic heterocycles. The number of esters is 1. The molecular weight excluding hydrogens is 426 g/mol. The minimum Gasteiger partial charge on any atom is -0.468 e. The maximum Gasteiger partial charge on any atom is 0.350 e. The fourth-order valence-electron chi connectivity index (χ4n) is 3.47. The van der Waals surface area contributed by atoms with Crippen molar-refractivity contribution in [3.05, 3.63) is 82.3 Å². The van der Waals surface area contributed by atoms with Crippen LogP contribution in [0.2, 0.25) is 0 Å². The summed E-state index contributed by atoms with van der Waals surface area (Å²) in [5.74, 6) is 0.0821. The summed E-state index contributed by atoms with van der Waals surface area (Å²) < 4.78 is 10.3. The summed E-state index contributed by atoms with van der Waals surface area (Å²) in [7, 11) is 3.30. The number of hydrogen-bond donors (Lipinski definition) is 1. The van der Waals surface area contributed by atoms with E-state index in [0.717, 1.165) is 17.0 Å². The largest absolute Gasteiger partial charge is 0.468 e. The number of anilines is 1. The fraction of sp³-hybridized carbons (Fsp3) is 0.208. The first-order valence-electron chi connectivity index (χ1n) is 10.0. The third kappa shape index (κ3) is 4.56. The number of aryl methyl sites for hydroxylation is 1. The van der Waals surface area contributed by atoms with Crippen molar-refractivity contribution in [2.24, 2.45) is 0 Å². The van der Waals surface area contributed by atoms with Crippen LogP contribution in [0.1, 0.15) is 37.0 Å². The van der Waals surface area contributed by atoms with Gasteiger partial charge in [-0.05, 0) is 49.9 Å². The van der Waals surface area contributed by atoms with E-state index in [4.69, 9.17) is 14.1 Å². The molecule has 0 unspecified atom stereocenters. The number of thiophene rings is 1. The van der Waals surface area contributed by atoms with Crippen LogP contribution >= 0.6 is 11.3 Å². The van der Waals surface area contributed by atoms with E-state index >= 15 is 0 Å². The second kappa shape index (κ2) is 9.33. The molecule has 4 rings (SSSR count). The van der Waals surface area contributed by atoms with Crippen molar-refractivity contribution in [3.8, 4) is 0 Å². The van der Waals surface area contributed by atoms with Gasteiger partial charge in [0.1, 0.15) is 15.5 Å². The molecule has 0 spiro atoms. The molecule has 3 aromatic heterocycles. The van der Waals surface area contributed by atoms with E-state index < -0.39 is 5.97 Å². The first-order valence-corrected chi connectivity index (χ1v) is 10.9. The van der Waals surface area contributed by atoms with E-state index in [9.17, 15) is 9.59 Å². The van der Waals surface area contributed by atoms with Crippen molar-refractivity contribution in [2.75, 3.05) is 19.5 Å². The summed E-state index contributed by atoms with van der Waals surface area (Å²) in [4.78, 5) is 33.1. The second-order valence-electron chi connectivity index (χ2n) is 7.47. The van der Waals surface area contributed by atoms with E-state index in [1.807, 2.05) is 56.4 Å². The summed E-state index contributed by atoms with van der Waals surface area (Å²) >= 11 is 1.21. The van der Waals surface area contributed by atoms with Crippen molar-refractivity contribution in [3.63, 3.8) is 0 Å². The van der Waals surface area contributed by atoms with Crippen LogP contribution < -0.4 is 5.32 Å². The summed E-state index contributed by atoms with van der Waals surface area (Å²) in [6, 6.07) is 14.9. The van der Waals surface area contributed by atoms with E-state index in [1.54, 1.807) is 12.3 Å². The lowest BCUT2D eigenvalue weighted by Crippen LogP contribution is -2.17. The van der Waals surface area contributed by atoms with Gasteiger partial charge in [-0.1, -0.05) is 18.2 Å². The maximum absolute atomic E-state index is 12.9. The molecule has 3 heterocycles. The standard InChI is InChI=1S/C24H23N3O4S/c1-15-7-4-5-9-18(15)22(28)26-20-19-11-10-16(13-27(2)14-17-8-6-12-31-17)25-23(19)32-21(20)24(29)30-3/h4-12H,13-14H2,1-3H3,(H,26,28). The number of pyridine rings is 1. The summed E-state index contributed by atoms with van der Waals surface area (Å²) in [6.45, 7) is 3.13. The summed E-state index contributed by atoms with van der Waals surface area (Å²) in [6.07, 6.45) is 1.65. The van der Waals surface area contributed by atoms with Crippen LogP contribution in [0, 0.1) is 6.92 Å². The van der Waals surface area contributed by atoms with Crippen molar-refractivity contribution >= 4 is 39.1 Å². The molecule has 0 atom stereocenters. The molecule has 1 aromatic carbocycles. The predicted octanol–water partition coefficient (Wildman–Crippen LogP) is 4.87. The number of furan rings is 1. The number of ether oxygens (including phenoxy) is 1. The molecule has 0 aliphatic carbocycles. The average Bonchev–Trinajstić information content (AvgIpc) is 3.41. The van der Waals surface area contributed by atoms with Crippen LogP contribution in [0.3, 0.4) is 0 Å². The topological polar surface area (TPSA) is 84.7 Å². The molecule has 0 saturated carbocycles. The van der Waals surface area contributed by atoms with Gasteiger partial charge in [-0.25, -0.2) is 9.78 Å². The van der Waals surface area contributed by atoms with Gasteiger partial charge in [0.2, 0.25) is 0 Å². The Morgan fingerprint density at radius 3 is 2.66 bits per heavy atom. The molecule has 32 heavy (non-hydrogen) atoms. The number of rotatable bonds is 7. The molecule has 0 radical (unpaired) electrons. The van der Waals surface area contributed by atoms with Crippen LogP contribution in [0.5, 0.6) is 0 Å². The molecule has 0 saturated heterocycles. The zero-order valence-corrected chi connectivity index (χ0v) is 18.9. The van der Waals surface area contributed by atoms with Gasteiger partial charge in [-0.15, -0.1) is 11.3 Å². The number of carbonyl (C=O) groups is 2. The summed E-state index contributed by atoms with van der Waals surface area (Å²) in [5, 5.41) is 3.61. The van der Waals surface area contributed by atoms with Crippen LogP contribution in [0.25, 0.3) is 10.2 Å². The number of nitrogens with one attached hydrogen (secondary N) is 1. The number of aromatic nitrogens is 1. The van der Waals surface area contributed by atoms with Gasteiger partial charge in [0.15, 0.2) is 0 Å². The highest BCUT2D eigenvalue weighted by molar-refractivity contribution is 7.21. The van der Waals surface area contributed by atoms with Crippen molar-refractivity contribution in [2.45, 2.75) is 20.0 Å². The molecule has 164 valence electrons. The molecule has 0 aliphatic rings. The zero-order valence-electron chi connectivity index (χ0n) is 18.0. The lowest BCUT2D eigenvalue weighted by atomic mass is 10.1. The Labute approximate surface area is 189 Å². The third-order valence-electron chi connectivity index (χ3n) is 5.05. The SMILES string of the molecule is COC(=O)c1sc2nc(CN(C)Cc3ccco3)ccc2c1NC(=O)c1ccccc1C. The monoisotopic (exact) mass is 449 g/mol. The van der Waals surface area contributed by atoms with Gasteiger partial charge < -0.3 is 14.5 Å². The molecule has 7 nitrogen and oxygen atoms in total. The van der Waals surface area contributed by atoms with E-state index in [0.29, 0.717) is 39.4 Å². The maximum atomic E-state index is 12.9. The second-order valence-corrected chi connectivity index (χ2v) is 8.47. The smallest absolute Gasteiger partial charge is 0.350 e. The highest BCUT2D eigenvalue weighted by atomic mass is 32.1. The Kier molecular flexibility index (Phi) is 6.34. The van der Waals surface area contributed by atoms with Gasteiger partial charge in [-0.3, -0.25) is 9.69 Å². The van der Waals surface area contributed by atoms with Gasteiger partial charge in [0.05, 0.1) is 31.3 Å². The van der Waals surface area contributed by atoms with E-state index in [1.165, 1.54) is 18.4 Å². The Morgan fingerprint density at radius 2 is 1.94 bits per heavy atom. The first kappa shape index (κ1) is 21.7. The minimum atomic E-state index is -0.510. The molecule has 1 amide bonds. The number of amides is 1. The lowest BCUT2D eigenvalue weighted by molar-refractivity contribution is 0.0607. The Bertz CT molecular complexity index is 1260. The normalized spacial score (nSPS) is 11.1. The van der Waals surface area contributed by atoms with E-state index in [-0.39, 0.29) is 5.91 Å². The average molecular weight is 450 g/mol. The highest BCUT2D eigenvalue weighted by Gasteiger charge is 2.23. The number of nitrogens with zero attached hydrogens (tertiary/aromatic N) is 2. The molecule has 1 N–H and O–H groups in total. The lowest BCUT2D eigenvalue weighted by Gasteiger charge is -2.14. The molecule has 4 aromatic rings. The quantitative estimate of drug-likeness (QED) is 0.405. The Morgan fingerprint density at radius 1 is 1.12 bits per heavy atom. The Hall–Kier alpha value is -3.49. The van der Waals surface area contributed by atoms with Crippen LogP contribution in [0.15, 0.2) is 59.2 Å². The number of methoxy groups -OCH3 is 1. The first-order chi connectivity index (χ1) is 15.5. The van der Waals surface area contributed by atoms with Crippen molar-refractivity contribution < 1.29 is 18.7 Å². The van der Waals surface area contributed by atoms with Gasteiger partial charge in [0, 0.05) is 17.5 Å². The number of carbonyl (C=O) groups excluding carboxylic acids is 2. The highest BCUT2D eigenvalue weighted by Crippen LogP contribution is 2.36. The van der Waals surface area contributed by atoms with Crippen molar-refractivity contribution in [1.29, 1.82) is 0 Å². The van der Waals surface area contributed by atoms with Gasteiger partial charge in [-0.2, -0.15) is 0 Å². The van der Waals surface area contributed by atoms with Gasteiger partial charge in [0.25, 0.3) is 5.91 Å². The van der Waals surface area contributed by atoms with Crippen LogP contribution in [-0.4, -0.2) is 35.9 Å². The number of hydrogen-bond acceptors (Lipinski definition) is 7. The number of fused-ring (bicyclic) bond motifs is 1. The molecule has 0 fully saturated rings. The zero-order chi connectivity index (χ0) is 22.7. The van der Waals surface area contributed by atoms with Crippen LogP contribution in [0.4, 0.5) is 5.69 Å². The van der Waals surface area contributed by atoms with Crippen molar-refractivity contribution in [1.82, 2.24) is 9.88 Å². The predicted molar refractivity (Wildman–Crippen MR) is 124 cm³/mol. The molecule has 0 bridgehead atoms. The molecular formula is C24H23N3O4S. The van der Waals surface area contributed by atoms with Crippen LogP contribution in [-0.2, 0) is 17.8 Å². The van der Waals surface area contributed by atoms with E-state index in [2.05, 4.69) is 10.2 Å². The third-order valence-corrected chi connectivity index (χ3v) is 6.13. The number of benzene rings is 1. The van der Waals surface area contributed by atoms with Gasteiger partial charge >= 0.3 is 5.97 Å². The molecule has 8 heteroatoms. The minimum absolute atomic E-state index is 0.282. The summed E-state index contributed by atoms with van der Waals surface area (Å²) in [5.41, 5.74) is 2.67.